The van der Waals surface area contributed by atoms with E-state index in [1.54, 1.807) is 24.0 Å². The van der Waals surface area contributed by atoms with E-state index in [-0.39, 0.29) is 29.6 Å². The van der Waals surface area contributed by atoms with Crippen LogP contribution in [0.4, 0.5) is 5.69 Å². The Bertz CT molecular complexity index is 935. The van der Waals surface area contributed by atoms with Gasteiger partial charge in [-0.1, -0.05) is 32.9 Å². The molecule has 0 aliphatic carbocycles. The highest BCUT2D eigenvalue weighted by atomic mass is 16.2. The van der Waals surface area contributed by atoms with Gasteiger partial charge < -0.3 is 15.1 Å². The standard InChI is InChI=1S/C25H31N3O3/c1-18(29)19-7-11-22(12-8-19)27-13-15-28(16-14-27)23(30)17-26-24(31)20-5-9-21(10-6-20)25(2,3)4/h5-12H,13-17H2,1-4H3,(H,26,31). The smallest absolute Gasteiger partial charge is 0.251 e. The SMILES string of the molecule is CC(=O)c1ccc(N2CCN(C(=O)CNC(=O)c3ccc(C(C)(C)C)cc3)CC2)cc1. The van der Waals surface area contributed by atoms with Crippen LogP contribution >= 0.6 is 0 Å². The Morgan fingerprint density at radius 2 is 1.39 bits per heavy atom. The van der Waals surface area contributed by atoms with Gasteiger partial charge >= 0.3 is 0 Å². The average molecular weight is 422 g/mol. The van der Waals surface area contributed by atoms with Crippen molar-refractivity contribution in [2.45, 2.75) is 33.1 Å². The van der Waals surface area contributed by atoms with E-state index < -0.39 is 0 Å². The number of carbonyl (C=O) groups is 3. The minimum atomic E-state index is -0.238. The molecule has 0 bridgehead atoms. The maximum Gasteiger partial charge on any atom is 0.251 e. The first-order valence-corrected chi connectivity index (χ1v) is 10.7. The van der Waals surface area contributed by atoms with Gasteiger partial charge in [0.05, 0.1) is 6.54 Å². The second kappa shape index (κ2) is 9.33. The van der Waals surface area contributed by atoms with Gasteiger partial charge in [0.2, 0.25) is 5.91 Å². The predicted octanol–water partition coefficient (Wildman–Crippen LogP) is 3.27. The number of piperazine rings is 1. The zero-order valence-corrected chi connectivity index (χ0v) is 18.8. The number of nitrogens with zero attached hydrogens (tertiary/aromatic N) is 2. The first-order chi connectivity index (χ1) is 14.6. The summed E-state index contributed by atoms with van der Waals surface area (Å²) in [6.07, 6.45) is 0. The Balaban J connectivity index is 1.47. The fourth-order valence-electron chi connectivity index (χ4n) is 3.61. The number of anilines is 1. The van der Waals surface area contributed by atoms with Crippen LogP contribution in [0.3, 0.4) is 0 Å². The monoisotopic (exact) mass is 421 g/mol. The van der Waals surface area contributed by atoms with Crippen molar-refractivity contribution < 1.29 is 14.4 Å². The van der Waals surface area contributed by atoms with Crippen LogP contribution in [0.1, 0.15) is 54.0 Å². The second-order valence-corrected chi connectivity index (χ2v) is 8.98. The molecule has 0 atom stereocenters. The number of rotatable bonds is 5. The predicted molar refractivity (Wildman–Crippen MR) is 123 cm³/mol. The van der Waals surface area contributed by atoms with Gasteiger partial charge in [0, 0.05) is 43.0 Å². The van der Waals surface area contributed by atoms with Crippen molar-refractivity contribution >= 4 is 23.3 Å². The van der Waals surface area contributed by atoms with Crippen molar-refractivity contribution in [2.75, 3.05) is 37.6 Å². The molecule has 1 fully saturated rings. The van der Waals surface area contributed by atoms with Gasteiger partial charge in [0.25, 0.3) is 5.91 Å². The molecule has 1 N–H and O–H groups in total. The van der Waals surface area contributed by atoms with Crippen molar-refractivity contribution in [3.63, 3.8) is 0 Å². The second-order valence-electron chi connectivity index (χ2n) is 8.98. The topological polar surface area (TPSA) is 69.7 Å². The van der Waals surface area contributed by atoms with Crippen LogP contribution in [0.5, 0.6) is 0 Å². The van der Waals surface area contributed by atoms with E-state index in [1.807, 2.05) is 36.4 Å². The number of hydrogen-bond acceptors (Lipinski definition) is 4. The van der Waals surface area contributed by atoms with E-state index >= 15 is 0 Å². The highest BCUT2D eigenvalue weighted by Crippen LogP contribution is 2.22. The number of Topliss-reactive ketones (excluding diaryl/α,β-unsaturated/α-hetero) is 1. The molecular formula is C25H31N3O3. The van der Waals surface area contributed by atoms with Crippen LogP contribution in [-0.2, 0) is 10.2 Å². The first-order valence-electron chi connectivity index (χ1n) is 10.7. The summed E-state index contributed by atoms with van der Waals surface area (Å²) in [4.78, 5) is 40.3. The highest BCUT2D eigenvalue weighted by molar-refractivity contribution is 5.96. The van der Waals surface area contributed by atoms with E-state index in [1.165, 1.54) is 0 Å². The molecule has 1 saturated heterocycles. The Hall–Kier alpha value is -3.15. The summed E-state index contributed by atoms with van der Waals surface area (Å²) >= 11 is 0. The van der Waals surface area contributed by atoms with Gasteiger partial charge in [-0.15, -0.1) is 0 Å². The van der Waals surface area contributed by atoms with Gasteiger partial charge in [-0.05, 0) is 54.3 Å². The molecule has 2 aromatic rings. The van der Waals surface area contributed by atoms with Crippen LogP contribution in [0, 0.1) is 0 Å². The summed E-state index contributed by atoms with van der Waals surface area (Å²) in [6.45, 7) is 10.6. The zero-order valence-electron chi connectivity index (χ0n) is 18.8. The fourth-order valence-corrected chi connectivity index (χ4v) is 3.61. The Kier molecular flexibility index (Phi) is 6.78. The molecule has 31 heavy (non-hydrogen) atoms. The largest absolute Gasteiger partial charge is 0.368 e. The molecule has 1 aliphatic heterocycles. The number of amides is 2. The third-order valence-electron chi connectivity index (χ3n) is 5.68. The molecule has 2 aromatic carbocycles. The van der Waals surface area contributed by atoms with Crippen LogP contribution in [0.2, 0.25) is 0 Å². The third-order valence-corrected chi connectivity index (χ3v) is 5.68. The van der Waals surface area contributed by atoms with Crippen LogP contribution < -0.4 is 10.2 Å². The minimum Gasteiger partial charge on any atom is -0.368 e. The zero-order chi connectivity index (χ0) is 22.6. The molecular weight excluding hydrogens is 390 g/mol. The number of carbonyl (C=O) groups excluding carboxylic acids is 3. The molecule has 6 heteroatoms. The lowest BCUT2D eigenvalue weighted by Gasteiger charge is -2.36. The number of benzene rings is 2. The normalized spacial score (nSPS) is 14.3. The van der Waals surface area contributed by atoms with E-state index in [4.69, 9.17) is 0 Å². The lowest BCUT2D eigenvalue weighted by atomic mass is 9.87. The number of nitrogens with one attached hydrogen (secondary N) is 1. The molecule has 2 amide bonds. The third kappa shape index (κ3) is 5.72. The van der Waals surface area contributed by atoms with Crippen molar-refractivity contribution in [1.29, 1.82) is 0 Å². The van der Waals surface area contributed by atoms with Gasteiger partial charge in [-0.2, -0.15) is 0 Å². The van der Waals surface area contributed by atoms with Gasteiger partial charge in [0.1, 0.15) is 0 Å². The molecule has 3 rings (SSSR count). The van der Waals surface area contributed by atoms with Gasteiger partial charge in [-0.25, -0.2) is 0 Å². The van der Waals surface area contributed by atoms with Gasteiger partial charge in [0.15, 0.2) is 5.78 Å². The summed E-state index contributed by atoms with van der Waals surface area (Å²) in [5.74, 6) is -0.265. The molecule has 0 spiro atoms. The molecule has 1 aliphatic rings. The molecule has 1 heterocycles. The highest BCUT2D eigenvalue weighted by Gasteiger charge is 2.22. The summed E-state index contributed by atoms with van der Waals surface area (Å²) in [5.41, 5.74) is 3.49. The Morgan fingerprint density at radius 1 is 0.839 bits per heavy atom. The first kappa shape index (κ1) is 22.5. The number of ketones is 1. The fraction of sp³-hybridized carbons (Fsp3) is 0.400. The average Bonchev–Trinajstić information content (AvgIpc) is 2.77. The van der Waals surface area contributed by atoms with Gasteiger partial charge in [-0.3, -0.25) is 14.4 Å². The van der Waals surface area contributed by atoms with Crippen LogP contribution in [-0.4, -0.2) is 55.2 Å². The molecule has 6 nitrogen and oxygen atoms in total. The van der Waals surface area contributed by atoms with Crippen molar-refractivity contribution in [1.82, 2.24) is 10.2 Å². The van der Waals surface area contributed by atoms with Crippen LogP contribution in [0.15, 0.2) is 48.5 Å². The molecule has 0 unspecified atom stereocenters. The van der Waals surface area contributed by atoms with E-state index in [0.29, 0.717) is 37.3 Å². The van der Waals surface area contributed by atoms with Crippen molar-refractivity contribution in [2.24, 2.45) is 0 Å². The summed E-state index contributed by atoms with van der Waals surface area (Å²) in [6, 6.07) is 15.1. The van der Waals surface area contributed by atoms with Crippen molar-refractivity contribution in [3.8, 4) is 0 Å². The number of hydrogen-bond donors (Lipinski definition) is 1. The molecule has 0 radical (unpaired) electrons. The Morgan fingerprint density at radius 3 is 1.90 bits per heavy atom. The van der Waals surface area contributed by atoms with E-state index in [9.17, 15) is 14.4 Å². The quantitative estimate of drug-likeness (QED) is 0.753. The molecule has 0 aromatic heterocycles. The Labute approximate surface area is 184 Å². The summed E-state index contributed by atoms with van der Waals surface area (Å²) < 4.78 is 0. The molecule has 0 saturated carbocycles. The lowest BCUT2D eigenvalue weighted by Crippen LogP contribution is -2.51. The van der Waals surface area contributed by atoms with E-state index in [0.717, 1.165) is 11.3 Å². The minimum absolute atomic E-state index is 0.00678. The summed E-state index contributed by atoms with van der Waals surface area (Å²) in [5, 5.41) is 2.74. The maximum absolute atomic E-state index is 12.5. The summed E-state index contributed by atoms with van der Waals surface area (Å²) in [7, 11) is 0. The van der Waals surface area contributed by atoms with E-state index in [2.05, 4.69) is 31.0 Å². The van der Waals surface area contributed by atoms with Crippen LogP contribution in [0.25, 0.3) is 0 Å². The lowest BCUT2D eigenvalue weighted by molar-refractivity contribution is -0.130. The molecule has 164 valence electrons. The maximum atomic E-state index is 12.5. The van der Waals surface area contributed by atoms with Crippen molar-refractivity contribution in [3.05, 3.63) is 65.2 Å².